The predicted octanol–water partition coefficient (Wildman–Crippen LogP) is 3.83. The van der Waals surface area contributed by atoms with E-state index in [-0.39, 0.29) is 54.4 Å². The van der Waals surface area contributed by atoms with Crippen LogP contribution in [0, 0.1) is 11.8 Å². The van der Waals surface area contributed by atoms with Crippen LogP contribution in [-0.2, 0) is 28.5 Å². The van der Waals surface area contributed by atoms with Crippen molar-refractivity contribution in [2.75, 3.05) is 21.3 Å². The fraction of sp³-hybridized carbons (Fsp3) is 0.808. The van der Waals surface area contributed by atoms with Gasteiger partial charge in [0.25, 0.3) is 0 Å². The molecule has 0 saturated carbocycles. The maximum Gasteiger partial charge on any atom is 0.308 e. The van der Waals surface area contributed by atoms with Crippen LogP contribution in [0.3, 0.4) is 0 Å². The highest BCUT2D eigenvalue weighted by Gasteiger charge is 2.56. The lowest BCUT2D eigenvalue weighted by molar-refractivity contribution is -0.152. The number of carbonyl (C=O) groups excluding carboxylic acids is 1. The fourth-order valence-corrected chi connectivity index (χ4v) is 5.23. The first-order valence-corrected chi connectivity index (χ1v) is 12.0. The topological polar surface area (TPSA) is 86.8 Å². The molecule has 33 heavy (non-hydrogen) atoms. The zero-order chi connectivity index (χ0) is 24.8. The Hall–Kier alpha value is -1.25. The highest BCUT2D eigenvalue weighted by Crippen LogP contribution is 2.47. The molecule has 190 valence electrons. The summed E-state index contributed by atoms with van der Waals surface area (Å²) >= 11 is 0. The Bertz CT molecular complexity index is 688. The molecule has 2 aliphatic rings. The molecule has 1 unspecified atom stereocenters. The van der Waals surface area contributed by atoms with E-state index in [1.54, 1.807) is 21.1 Å². The van der Waals surface area contributed by atoms with Crippen molar-refractivity contribution in [3.05, 3.63) is 23.8 Å². The third kappa shape index (κ3) is 7.62. The van der Waals surface area contributed by atoms with Gasteiger partial charge in [0.2, 0.25) is 0 Å². The summed E-state index contributed by atoms with van der Waals surface area (Å²) < 4.78 is 28.1. The standard InChI is InChI=1S/C26H44O7/c1-16(15-26(5)25(33-26)18(3)24(31-8)19(4)27)10-9-11-17(2)23-21(29-6)13-12-20(32-23)14-22(28)30-7/h9-11,16,18-21,23-25,27H,12-15H2,1-8H3/b10-9+,17-11+/t16-,18-,19-,20-,21+,23-,24?,25-,26-/m1/s1. The van der Waals surface area contributed by atoms with Gasteiger partial charge in [-0.2, -0.15) is 0 Å². The first-order chi connectivity index (χ1) is 15.6. The van der Waals surface area contributed by atoms with Crippen LogP contribution in [0.2, 0.25) is 0 Å². The molecule has 0 amide bonds. The lowest BCUT2D eigenvalue weighted by Gasteiger charge is -2.36. The van der Waals surface area contributed by atoms with Crippen LogP contribution in [0.1, 0.15) is 60.3 Å². The minimum Gasteiger partial charge on any atom is -0.469 e. The molecule has 0 aromatic carbocycles. The number of hydrogen-bond donors (Lipinski definition) is 1. The average molecular weight is 469 g/mol. The molecule has 9 atom stereocenters. The van der Waals surface area contributed by atoms with E-state index in [0.717, 1.165) is 24.8 Å². The lowest BCUT2D eigenvalue weighted by atomic mass is 9.86. The van der Waals surface area contributed by atoms with Gasteiger partial charge in [-0.05, 0) is 51.5 Å². The zero-order valence-electron chi connectivity index (χ0n) is 21.6. The third-order valence-electron chi connectivity index (χ3n) is 7.03. The van der Waals surface area contributed by atoms with Crippen molar-refractivity contribution in [1.82, 2.24) is 0 Å². The van der Waals surface area contributed by atoms with E-state index in [4.69, 9.17) is 23.7 Å². The maximum atomic E-state index is 11.6. The third-order valence-corrected chi connectivity index (χ3v) is 7.03. The van der Waals surface area contributed by atoms with Crippen molar-refractivity contribution in [2.24, 2.45) is 11.8 Å². The summed E-state index contributed by atoms with van der Waals surface area (Å²) in [5.74, 6) is 0.186. The molecule has 2 saturated heterocycles. The van der Waals surface area contributed by atoms with Crippen LogP contribution in [0.5, 0.6) is 0 Å². The fourth-order valence-electron chi connectivity index (χ4n) is 5.23. The summed E-state index contributed by atoms with van der Waals surface area (Å²) in [5, 5.41) is 9.96. The number of ether oxygens (including phenoxy) is 5. The van der Waals surface area contributed by atoms with Gasteiger partial charge >= 0.3 is 5.97 Å². The second-order valence-corrected chi connectivity index (χ2v) is 9.94. The van der Waals surface area contributed by atoms with Crippen molar-refractivity contribution in [1.29, 1.82) is 0 Å². The van der Waals surface area contributed by atoms with E-state index < -0.39 is 6.10 Å². The Morgan fingerprint density at radius 3 is 2.48 bits per heavy atom. The van der Waals surface area contributed by atoms with Gasteiger partial charge in [-0.1, -0.05) is 32.1 Å². The van der Waals surface area contributed by atoms with Crippen LogP contribution >= 0.6 is 0 Å². The number of epoxide rings is 1. The second-order valence-electron chi connectivity index (χ2n) is 9.94. The molecular weight excluding hydrogens is 424 g/mol. The first kappa shape index (κ1) is 28.0. The Balaban J connectivity index is 1.92. The van der Waals surface area contributed by atoms with Crippen LogP contribution in [-0.4, -0.2) is 74.6 Å². The summed E-state index contributed by atoms with van der Waals surface area (Å²) in [5.41, 5.74) is 0.864. The van der Waals surface area contributed by atoms with E-state index in [0.29, 0.717) is 5.92 Å². The van der Waals surface area contributed by atoms with Gasteiger partial charge in [0.1, 0.15) is 6.10 Å². The van der Waals surface area contributed by atoms with Crippen molar-refractivity contribution in [3.8, 4) is 0 Å². The van der Waals surface area contributed by atoms with Crippen LogP contribution in [0.25, 0.3) is 0 Å². The number of aliphatic hydroxyl groups excluding tert-OH is 1. The van der Waals surface area contributed by atoms with Crippen LogP contribution in [0.4, 0.5) is 0 Å². The molecule has 7 nitrogen and oxygen atoms in total. The minimum atomic E-state index is -0.533. The Morgan fingerprint density at radius 1 is 1.21 bits per heavy atom. The minimum absolute atomic E-state index is 0.0235. The van der Waals surface area contributed by atoms with Crippen molar-refractivity contribution in [2.45, 2.75) is 103 Å². The number of esters is 1. The normalized spacial score (nSPS) is 34.0. The van der Waals surface area contributed by atoms with Gasteiger partial charge in [-0.15, -0.1) is 0 Å². The summed E-state index contributed by atoms with van der Waals surface area (Å²) in [6.07, 6.45) is 8.05. The van der Waals surface area contributed by atoms with Crippen LogP contribution < -0.4 is 0 Å². The molecule has 2 fully saturated rings. The second kappa shape index (κ2) is 12.5. The summed E-state index contributed by atoms with van der Waals surface area (Å²) in [6, 6.07) is 0. The summed E-state index contributed by atoms with van der Waals surface area (Å²) in [7, 11) is 4.73. The molecule has 0 radical (unpaired) electrons. The lowest BCUT2D eigenvalue weighted by Crippen LogP contribution is -2.41. The van der Waals surface area contributed by atoms with Gasteiger partial charge in [0.15, 0.2) is 0 Å². The number of rotatable bonds is 12. The maximum absolute atomic E-state index is 11.6. The van der Waals surface area contributed by atoms with E-state index in [9.17, 15) is 9.90 Å². The SMILES string of the molecule is COC(=O)C[C@H]1CC[C@H](OC)[C@@H](/C(C)=C/C=C/[C@@H](C)C[C@@]2(C)O[C@@H]2[C@H](C)C(OC)[C@@H](C)O)O1. The number of carbonyl (C=O) groups is 1. The highest BCUT2D eigenvalue weighted by atomic mass is 16.6. The smallest absolute Gasteiger partial charge is 0.308 e. The van der Waals surface area contributed by atoms with E-state index >= 15 is 0 Å². The average Bonchev–Trinajstić information content (AvgIpc) is 3.43. The van der Waals surface area contributed by atoms with Crippen molar-refractivity contribution >= 4 is 5.97 Å². The van der Waals surface area contributed by atoms with Gasteiger partial charge in [-0.25, -0.2) is 0 Å². The van der Waals surface area contributed by atoms with Gasteiger partial charge < -0.3 is 28.8 Å². The van der Waals surface area contributed by atoms with Gasteiger partial charge in [-0.3, -0.25) is 4.79 Å². The number of hydrogen-bond acceptors (Lipinski definition) is 7. The molecule has 2 aliphatic heterocycles. The molecule has 2 rings (SSSR count). The zero-order valence-corrected chi connectivity index (χ0v) is 21.6. The van der Waals surface area contributed by atoms with E-state index in [1.165, 1.54) is 7.11 Å². The predicted molar refractivity (Wildman–Crippen MR) is 127 cm³/mol. The Morgan fingerprint density at radius 2 is 1.91 bits per heavy atom. The number of aliphatic hydroxyl groups is 1. The molecule has 0 bridgehead atoms. The molecular formula is C26H44O7. The summed E-state index contributed by atoms with van der Waals surface area (Å²) in [6.45, 7) is 10.2. The number of allylic oxidation sites excluding steroid dienone is 3. The van der Waals surface area contributed by atoms with Gasteiger partial charge in [0.05, 0.1) is 49.7 Å². The molecule has 0 aliphatic carbocycles. The molecule has 0 aromatic heterocycles. The monoisotopic (exact) mass is 468 g/mol. The summed E-state index contributed by atoms with van der Waals surface area (Å²) in [4.78, 5) is 11.6. The molecule has 1 N–H and O–H groups in total. The van der Waals surface area contributed by atoms with Crippen LogP contribution in [0.15, 0.2) is 23.8 Å². The Labute approximate surface area is 199 Å². The van der Waals surface area contributed by atoms with Gasteiger partial charge in [0, 0.05) is 20.1 Å². The van der Waals surface area contributed by atoms with E-state index in [2.05, 4.69) is 39.0 Å². The molecule has 0 aromatic rings. The first-order valence-electron chi connectivity index (χ1n) is 12.0. The largest absolute Gasteiger partial charge is 0.469 e. The molecule has 0 spiro atoms. The molecule has 2 heterocycles. The molecule has 7 heteroatoms. The van der Waals surface area contributed by atoms with Crippen molar-refractivity contribution in [3.63, 3.8) is 0 Å². The Kier molecular flexibility index (Phi) is 10.6. The van der Waals surface area contributed by atoms with E-state index in [1.807, 2.05) is 6.92 Å². The van der Waals surface area contributed by atoms with Crippen molar-refractivity contribution < 1.29 is 33.6 Å². The number of methoxy groups -OCH3 is 3. The quantitative estimate of drug-likeness (QED) is 0.265. The highest BCUT2D eigenvalue weighted by molar-refractivity contribution is 5.69.